The number of hydrogen-bond donors (Lipinski definition) is 0. The van der Waals surface area contributed by atoms with Crippen LogP contribution in [0.5, 0.6) is 5.75 Å². The maximum atomic E-state index is 5.85. The molecule has 0 N–H and O–H groups in total. The van der Waals surface area contributed by atoms with E-state index in [1.807, 2.05) is 18.2 Å². The molecule has 0 unspecified atom stereocenters. The summed E-state index contributed by atoms with van der Waals surface area (Å²) in [4.78, 5) is 0. The van der Waals surface area contributed by atoms with Crippen molar-refractivity contribution in [1.29, 1.82) is 0 Å². The quantitative estimate of drug-likeness (QED) is 0.595. The van der Waals surface area contributed by atoms with Crippen molar-refractivity contribution in [2.45, 2.75) is 25.4 Å². The van der Waals surface area contributed by atoms with E-state index in [1.165, 1.54) is 5.56 Å². The summed E-state index contributed by atoms with van der Waals surface area (Å²) in [6, 6.07) is 8.21. The highest BCUT2D eigenvalue weighted by Crippen LogP contribution is 2.33. The Hall–Kier alpha value is -1.24. The molecule has 1 nitrogen and oxygen atoms in total. The van der Waals surface area contributed by atoms with Gasteiger partial charge in [-0.25, -0.2) is 0 Å². The number of fused-ring (bicyclic) bond motifs is 1. The maximum absolute atomic E-state index is 5.85. The minimum Gasteiger partial charge on any atom is -0.483 e. The summed E-state index contributed by atoms with van der Waals surface area (Å²) in [5.41, 5.74) is 1.13. The van der Waals surface area contributed by atoms with Gasteiger partial charge in [0.05, 0.1) is 0 Å². The molecule has 1 atom stereocenters. The fraction of sp³-hybridized carbons (Fsp3) is 0.333. The average Bonchev–Trinajstić information content (AvgIpc) is 2.18. The molecule has 0 bridgehead atoms. The zero-order chi connectivity index (χ0) is 9.31. The number of hydrogen-bond acceptors (Lipinski definition) is 1. The Kier molecular flexibility index (Phi) is 1.87. The molecule has 1 aromatic carbocycles. The summed E-state index contributed by atoms with van der Waals surface area (Å²) in [6.45, 7) is 5.88. The number of benzene rings is 1. The van der Waals surface area contributed by atoms with Crippen molar-refractivity contribution in [2.24, 2.45) is 0 Å². The minimum atomic E-state index is -0.172. The molecule has 1 heteroatoms. The van der Waals surface area contributed by atoms with Crippen molar-refractivity contribution >= 4 is 0 Å². The molecule has 0 spiro atoms. The molecule has 0 amide bonds. The summed E-state index contributed by atoms with van der Waals surface area (Å²) in [6.07, 6.45) is 4.00. The number of ether oxygens (including phenoxy) is 1. The maximum Gasteiger partial charge on any atom is 0.124 e. The molecule has 1 aromatic rings. The number of aryl methyl sites for hydroxylation is 1. The van der Waals surface area contributed by atoms with E-state index >= 15 is 0 Å². The Morgan fingerprint density at radius 2 is 2.23 bits per heavy atom. The number of rotatable bonds is 1. The van der Waals surface area contributed by atoms with Crippen molar-refractivity contribution in [2.75, 3.05) is 0 Å². The fourth-order valence-electron chi connectivity index (χ4n) is 1.64. The lowest BCUT2D eigenvalue weighted by atomic mass is 9.93. The van der Waals surface area contributed by atoms with E-state index in [4.69, 9.17) is 4.74 Å². The Labute approximate surface area is 79.0 Å². The number of para-hydroxylation sites is 1. The first-order valence-corrected chi connectivity index (χ1v) is 4.64. The van der Waals surface area contributed by atoms with Crippen molar-refractivity contribution in [1.82, 2.24) is 0 Å². The Morgan fingerprint density at radius 3 is 3.00 bits per heavy atom. The largest absolute Gasteiger partial charge is 0.483 e. The highest BCUT2D eigenvalue weighted by atomic mass is 16.5. The van der Waals surface area contributed by atoms with E-state index in [0.717, 1.165) is 18.6 Å². The van der Waals surface area contributed by atoms with Gasteiger partial charge in [-0.15, -0.1) is 0 Å². The molecule has 68 valence electrons. The molecule has 1 aliphatic heterocycles. The van der Waals surface area contributed by atoms with Crippen LogP contribution in [0.4, 0.5) is 0 Å². The van der Waals surface area contributed by atoms with Gasteiger partial charge in [0.1, 0.15) is 11.4 Å². The first-order valence-electron chi connectivity index (χ1n) is 4.64. The third-order valence-corrected chi connectivity index (χ3v) is 2.64. The minimum absolute atomic E-state index is 0.172. The van der Waals surface area contributed by atoms with E-state index in [2.05, 4.69) is 25.6 Å². The van der Waals surface area contributed by atoms with Gasteiger partial charge in [-0.05, 0) is 37.5 Å². The van der Waals surface area contributed by atoms with Crippen LogP contribution in [-0.2, 0) is 6.42 Å². The summed E-state index contributed by atoms with van der Waals surface area (Å²) >= 11 is 0. The lowest BCUT2D eigenvalue weighted by molar-refractivity contribution is 0.115. The van der Waals surface area contributed by atoms with E-state index in [-0.39, 0.29) is 5.60 Å². The van der Waals surface area contributed by atoms with Crippen LogP contribution in [0, 0.1) is 0 Å². The van der Waals surface area contributed by atoms with E-state index in [1.54, 1.807) is 0 Å². The molecule has 0 aliphatic carbocycles. The Bertz CT molecular complexity index is 330. The first-order chi connectivity index (χ1) is 6.23. The van der Waals surface area contributed by atoms with Crippen LogP contribution in [0.15, 0.2) is 36.9 Å². The molecular weight excluding hydrogens is 160 g/mol. The highest BCUT2D eigenvalue weighted by molar-refractivity contribution is 5.36. The molecular formula is C12H14O. The van der Waals surface area contributed by atoms with Crippen LogP contribution in [0.3, 0.4) is 0 Å². The van der Waals surface area contributed by atoms with Gasteiger partial charge in [0.25, 0.3) is 0 Å². The lowest BCUT2D eigenvalue weighted by Gasteiger charge is -2.33. The molecule has 0 radical (unpaired) electrons. The second kappa shape index (κ2) is 2.91. The van der Waals surface area contributed by atoms with Crippen LogP contribution >= 0.6 is 0 Å². The van der Waals surface area contributed by atoms with Crippen LogP contribution in [0.25, 0.3) is 0 Å². The molecule has 13 heavy (non-hydrogen) atoms. The lowest BCUT2D eigenvalue weighted by Crippen LogP contribution is -2.33. The SMILES string of the molecule is C=C[C@@]1(C)CCc2ccccc2O1. The van der Waals surface area contributed by atoms with Crippen molar-refractivity contribution in [3.63, 3.8) is 0 Å². The van der Waals surface area contributed by atoms with E-state index in [9.17, 15) is 0 Å². The van der Waals surface area contributed by atoms with Crippen molar-refractivity contribution < 1.29 is 4.74 Å². The fourth-order valence-corrected chi connectivity index (χ4v) is 1.64. The molecule has 0 saturated heterocycles. The summed E-state index contributed by atoms with van der Waals surface area (Å²) in [5, 5.41) is 0. The standard InChI is InChI=1S/C12H14O/c1-3-12(2)9-8-10-6-4-5-7-11(10)13-12/h3-7H,1,8-9H2,2H3/t12-/m0/s1. The smallest absolute Gasteiger partial charge is 0.124 e. The zero-order valence-corrected chi connectivity index (χ0v) is 7.92. The Morgan fingerprint density at radius 1 is 1.46 bits per heavy atom. The van der Waals surface area contributed by atoms with Crippen LogP contribution in [0.1, 0.15) is 18.9 Å². The average molecular weight is 174 g/mol. The van der Waals surface area contributed by atoms with E-state index in [0.29, 0.717) is 0 Å². The van der Waals surface area contributed by atoms with Gasteiger partial charge in [-0.1, -0.05) is 24.8 Å². The predicted molar refractivity (Wildman–Crippen MR) is 54.0 cm³/mol. The first kappa shape index (κ1) is 8.36. The van der Waals surface area contributed by atoms with Gasteiger partial charge in [-0.2, -0.15) is 0 Å². The molecule has 1 aliphatic rings. The van der Waals surface area contributed by atoms with Crippen LogP contribution in [0.2, 0.25) is 0 Å². The van der Waals surface area contributed by atoms with Gasteiger partial charge in [0, 0.05) is 0 Å². The van der Waals surface area contributed by atoms with Crippen molar-refractivity contribution in [3.8, 4) is 5.75 Å². The third kappa shape index (κ3) is 1.46. The highest BCUT2D eigenvalue weighted by Gasteiger charge is 2.27. The second-order valence-corrected chi connectivity index (χ2v) is 3.73. The molecule has 2 rings (SSSR count). The zero-order valence-electron chi connectivity index (χ0n) is 7.92. The summed E-state index contributed by atoms with van der Waals surface area (Å²) < 4.78 is 5.85. The second-order valence-electron chi connectivity index (χ2n) is 3.73. The van der Waals surface area contributed by atoms with Crippen LogP contribution in [-0.4, -0.2) is 5.60 Å². The van der Waals surface area contributed by atoms with Crippen molar-refractivity contribution in [3.05, 3.63) is 42.5 Å². The predicted octanol–water partition coefficient (Wildman–Crippen LogP) is 2.96. The molecule has 0 fully saturated rings. The Balaban J connectivity index is 2.34. The van der Waals surface area contributed by atoms with Crippen LogP contribution < -0.4 is 4.74 Å². The van der Waals surface area contributed by atoms with E-state index < -0.39 is 0 Å². The summed E-state index contributed by atoms with van der Waals surface area (Å²) in [5.74, 6) is 1.01. The molecule has 1 heterocycles. The third-order valence-electron chi connectivity index (χ3n) is 2.64. The van der Waals surface area contributed by atoms with Gasteiger partial charge in [0.2, 0.25) is 0 Å². The van der Waals surface area contributed by atoms with Gasteiger partial charge >= 0.3 is 0 Å². The normalized spacial score (nSPS) is 25.9. The summed E-state index contributed by atoms with van der Waals surface area (Å²) in [7, 11) is 0. The molecule has 0 aromatic heterocycles. The topological polar surface area (TPSA) is 9.23 Å². The van der Waals surface area contributed by atoms with Gasteiger partial charge < -0.3 is 4.74 Å². The van der Waals surface area contributed by atoms with Gasteiger partial charge in [-0.3, -0.25) is 0 Å². The van der Waals surface area contributed by atoms with Gasteiger partial charge in [0.15, 0.2) is 0 Å². The molecule has 0 saturated carbocycles. The monoisotopic (exact) mass is 174 g/mol.